The van der Waals surface area contributed by atoms with Crippen LogP contribution >= 0.6 is 0 Å². The van der Waals surface area contributed by atoms with Crippen molar-refractivity contribution in [3.63, 3.8) is 0 Å². The predicted molar refractivity (Wildman–Crippen MR) is 56.2 cm³/mol. The van der Waals surface area contributed by atoms with E-state index in [1.807, 2.05) is 0 Å². The van der Waals surface area contributed by atoms with Crippen LogP contribution in [0.2, 0.25) is 0 Å². The van der Waals surface area contributed by atoms with Crippen LogP contribution in [0.5, 0.6) is 0 Å². The second-order valence-corrected chi connectivity index (χ2v) is 3.28. The van der Waals surface area contributed by atoms with E-state index in [0.717, 1.165) is 0 Å². The first-order chi connectivity index (χ1) is 7.63. The van der Waals surface area contributed by atoms with Gasteiger partial charge in [0.2, 0.25) is 0 Å². The Morgan fingerprint density at radius 3 is 2.69 bits per heavy atom. The number of pyridine rings is 1. The fourth-order valence-corrected chi connectivity index (χ4v) is 1.55. The monoisotopic (exact) mass is 226 g/mol. The lowest BCUT2D eigenvalue weighted by atomic mass is 10.1. The van der Waals surface area contributed by atoms with E-state index < -0.39 is 17.9 Å². The summed E-state index contributed by atoms with van der Waals surface area (Å²) in [4.78, 5) is 3.62. The van der Waals surface area contributed by atoms with Crippen LogP contribution in [0.25, 0.3) is 10.9 Å². The van der Waals surface area contributed by atoms with Crippen LogP contribution in [0, 0.1) is 5.82 Å². The van der Waals surface area contributed by atoms with Gasteiger partial charge in [0.15, 0.2) is 0 Å². The number of aromatic nitrogens is 1. The number of alkyl halides is 2. The molecule has 1 N–H and O–H groups in total. The number of para-hydroxylation sites is 1. The molecule has 0 aliphatic heterocycles. The lowest BCUT2D eigenvalue weighted by Gasteiger charge is -2.08. The lowest BCUT2D eigenvalue weighted by molar-refractivity contribution is 0.146. The topological polar surface area (TPSA) is 24.9 Å². The Morgan fingerprint density at radius 2 is 2.06 bits per heavy atom. The van der Waals surface area contributed by atoms with Gasteiger partial charge in [0.05, 0.1) is 0 Å². The third-order valence-electron chi connectivity index (χ3n) is 2.30. The molecule has 0 aliphatic carbocycles. The van der Waals surface area contributed by atoms with Crippen molar-refractivity contribution in [3.8, 4) is 0 Å². The molecule has 1 heterocycles. The third-order valence-corrected chi connectivity index (χ3v) is 2.30. The van der Waals surface area contributed by atoms with Crippen molar-refractivity contribution in [3.05, 3.63) is 35.8 Å². The number of hydrogen-bond donors (Lipinski definition) is 1. The summed E-state index contributed by atoms with van der Waals surface area (Å²) in [5.41, 5.74) is -0.0219. The van der Waals surface area contributed by atoms with E-state index in [0.29, 0.717) is 11.1 Å². The average molecular weight is 226 g/mol. The molecule has 0 saturated carbocycles. The molecule has 0 aliphatic rings. The Bertz CT molecular complexity index is 526. The molecule has 0 unspecified atom stereocenters. The molecule has 5 heteroatoms. The number of benzene rings is 1. The lowest BCUT2D eigenvalue weighted by Crippen LogP contribution is -1.98. The maximum atomic E-state index is 13.4. The standard InChI is InChI=1S/C11H9F3N2/c1-15-8-5-9(11(13)14)16-10-6(8)3-2-4-7(10)12/h2-5,11H,1H3,(H,15,16). The van der Waals surface area contributed by atoms with Crippen molar-refractivity contribution in [2.75, 3.05) is 12.4 Å². The second kappa shape index (κ2) is 4.00. The zero-order valence-electron chi connectivity index (χ0n) is 8.47. The van der Waals surface area contributed by atoms with E-state index in [1.54, 1.807) is 13.1 Å². The molecular weight excluding hydrogens is 217 g/mol. The van der Waals surface area contributed by atoms with Crippen LogP contribution in [-0.4, -0.2) is 12.0 Å². The van der Waals surface area contributed by atoms with E-state index in [1.165, 1.54) is 18.2 Å². The average Bonchev–Trinajstić information content (AvgIpc) is 2.28. The van der Waals surface area contributed by atoms with Gasteiger partial charge in [0.1, 0.15) is 17.0 Å². The Hall–Kier alpha value is -1.78. The third kappa shape index (κ3) is 1.68. The number of rotatable bonds is 2. The summed E-state index contributed by atoms with van der Waals surface area (Å²) in [7, 11) is 1.59. The largest absolute Gasteiger partial charge is 0.388 e. The van der Waals surface area contributed by atoms with Gasteiger partial charge in [-0.1, -0.05) is 12.1 Å². The minimum Gasteiger partial charge on any atom is -0.388 e. The van der Waals surface area contributed by atoms with Crippen LogP contribution in [0.15, 0.2) is 24.3 Å². The molecule has 2 rings (SSSR count). The summed E-state index contributed by atoms with van der Waals surface area (Å²) in [6, 6.07) is 5.57. The number of halogens is 3. The van der Waals surface area contributed by atoms with Crippen molar-refractivity contribution in [2.45, 2.75) is 6.43 Å². The summed E-state index contributed by atoms with van der Waals surface area (Å²) in [5.74, 6) is -0.600. The molecule has 2 nitrogen and oxygen atoms in total. The van der Waals surface area contributed by atoms with Gasteiger partial charge >= 0.3 is 0 Å². The second-order valence-electron chi connectivity index (χ2n) is 3.28. The fourth-order valence-electron chi connectivity index (χ4n) is 1.55. The SMILES string of the molecule is CNc1cc(C(F)F)nc2c(F)cccc12. The fraction of sp³-hybridized carbons (Fsp3) is 0.182. The van der Waals surface area contributed by atoms with Crippen molar-refractivity contribution < 1.29 is 13.2 Å². The van der Waals surface area contributed by atoms with Gasteiger partial charge in [-0.25, -0.2) is 18.2 Å². The van der Waals surface area contributed by atoms with Crippen molar-refractivity contribution in [2.24, 2.45) is 0 Å². The molecule has 1 aromatic heterocycles. The predicted octanol–water partition coefficient (Wildman–Crippen LogP) is 3.35. The molecule has 0 spiro atoms. The highest BCUT2D eigenvalue weighted by Crippen LogP contribution is 2.28. The zero-order chi connectivity index (χ0) is 11.7. The van der Waals surface area contributed by atoms with Crippen LogP contribution < -0.4 is 5.32 Å². The number of nitrogens with one attached hydrogen (secondary N) is 1. The van der Waals surface area contributed by atoms with E-state index in [-0.39, 0.29) is 5.52 Å². The first-order valence-corrected chi connectivity index (χ1v) is 4.68. The van der Waals surface area contributed by atoms with Gasteiger partial charge in [-0.15, -0.1) is 0 Å². The highest BCUT2D eigenvalue weighted by atomic mass is 19.3. The molecule has 84 valence electrons. The van der Waals surface area contributed by atoms with Crippen molar-refractivity contribution in [1.82, 2.24) is 4.98 Å². The molecule has 0 fully saturated rings. The minimum atomic E-state index is -2.71. The van der Waals surface area contributed by atoms with E-state index in [2.05, 4.69) is 10.3 Å². The number of fused-ring (bicyclic) bond motifs is 1. The summed E-state index contributed by atoms with van der Waals surface area (Å²) >= 11 is 0. The van der Waals surface area contributed by atoms with Crippen LogP contribution in [0.1, 0.15) is 12.1 Å². The first-order valence-electron chi connectivity index (χ1n) is 4.68. The number of hydrogen-bond acceptors (Lipinski definition) is 2. The van der Waals surface area contributed by atoms with Crippen molar-refractivity contribution in [1.29, 1.82) is 0 Å². The molecule has 2 aromatic rings. The molecule has 0 amide bonds. The molecule has 0 atom stereocenters. The van der Waals surface area contributed by atoms with Gasteiger partial charge < -0.3 is 5.32 Å². The highest BCUT2D eigenvalue weighted by Gasteiger charge is 2.14. The molecule has 0 bridgehead atoms. The van der Waals surface area contributed by atoms with Gasteiger partial charge in [-0.2, -0.15) is 0 Å². The first kappa shape index (κ1) is 10.7. The van der Waals surface area contributed by atoms with Crippen LogP contribution in [0.3, 0.4) is 0 Å². The quantitative estimate of drug-likeness (QED) is 0.849. The van der Waals surface area contributed by atoms with Gasteiger partial charge in [0.25, 0.3) is 6.43 Å². The van der Waals surface area contributed by atoms with Gasteiger partial charge in [-0.3, -0.25) is 0 Å². The summed E-state index contributed by atoms with van der Waals surface area (Å²) in [6.45, 7) is 0. The van der Waals surface area contributed by atoms with Crippen LogP contribution in [0.4, 0.5) is 18.9 Å². The van der Waals surface area contributed by atoms with Crippen molar-refractivity contribution >= 4 is 16.6 Å². The van der Waals surface area contributed by atoms with E-state index in [4.69, 9.17) is 0 Å². The maximum Gasteiger partial charge on any atom is 0.280 e. The number of nitrogens with zero attached hydrogens (tertiary/aromatic N) is 1. The maximum absolute atomic E-state index is 13.4. The van der Waals surface area contributed by atoms with E-state index >= 15 is 0 Å². The Morgan fingerprint density at radius 1 is 1.31 bits per heavy atom. The Kier molecular flexibility index (Phi) is 2.68. The van der Waals surface area contributed by atoms with E-state index in [9.17, 15) is 13.2 Å². The molecular formula is C11H9F3N2. The number of anilines is 1. The van der Waals surface area contributed by atoms with Crippen LogP contribution in [-0.2, 0) is 0 Å². The zero-order valence-corrected chi connectivity index (χ0v) is 8.47. The molecule has 1 aromatic carbocycles. The summed E-state index contributed by atoms with van der Waals surface area (Å²) in [6.07, 6.45) is -2.71. The van der Waals surface area contributed by atoms with Gasteiger partial charge in [-0.05, 0) is 12.1 Å². The normalized spacial score (nSPS) is 11.1. The Balaban J connectivity index is 2.79. The Labute approximate surface area is 90.1 Å². The summed E-state index contributed by atoms with van der Waals surface area (Å²) in [5, 5.41) is 3.24. The highest BCUT2D eigenvalue weighted by molar-refractivity contribution is 5.91. The molecule has 0 saturated heterocycles. The summed E-state index contributed by atoms with van der Waals surface area (Å²) < 4.78 is 38.5. The smallest absolute Gasteiger partial charge is 0.280 e. The molecule has 16 heavy (non-hydrogen) atoms. The molecule has 0 radical (unpaired) electrons. The minimum absolute atomic E-state index is 0.0374. The van der Waals surface area contributed by atoms with Gasteiger partial charge in [0, 0.05) is 18.1 Å².